The van der Waals surface area contributed by atoms with Crippen LogP contribution >= 0.6 is 11.3 Å². The van der Waals surface area contributed by atoms with E-state index >= 15 is 0 Å². The molecule has 0 saturated carbocycles. The first-order valence-corrected chi connectivity index (χ1v) is 7.80. The van der Waals surface area contributed by atoms with Crippen LogP contribution in [0.5, 0.6) is 5.75 Å². The zero-order chi connectivity index (χ0) is 13.9. The van der Waals surface area contributed by atoms with Crippen LogP contribution in [0.15, 0.2) is 36.4 Å². The van der Waals surface area contributed by atoms with Crippen molar-refractivity contribution in [3.8, 4) is 5.75 Å². The molecule has 0 fully saturated rings. The van der Waals surface area contributed by atoms with Crippen molar-refractivity contribution in [3.63, 3.8) is 0 Å². The summed E-state index contributed by atoms with van der Waals surface area (Å²) in [7, 11) is 0. The number of hydrogen-bond donors (Lipinski definition) is 1. The largest absolute Gasteiger partial charge is 0.492 e. The number of fused-ring (bicyclic) bond motifs is 1. The fourth-order valence-corrected chi connectivity index (χ4v) is 3.71. The average molecular weight is 288 g/mol. The Kier molecular flexibility index (Phi) is 4.05. The van der Waals surface area contributed by atoms with Gasteiger partial charge in [-0.05, 0) is 25.1 Å². The average Bonchev–Trinajstić information content (AvgIpc) is 2.76. The molecule has 1 aromatic heterocycles. The van der Waals surface area contributed by atoms with Crippen molar-refractivity contribution >= 4 is 11.3 Å². The van der Waals surface area contributed by atoms with Gasteiger partial charge in [0.05, 0.1) is 6.04 Å². The number of aryl methyl sites for hydroxylation is 1. The van der Waals surface area contributed by atoms with E-state index in [1.807, 2.05) is 23.5 Å². The third kappa shape index (κ3) is 2.73. The minimum Gasteiger partial charge on any atom is -0.492 e. The van der Waals surface area contributed by atoms with Gasteiger partial charge in [0, 0.05) is 35.0 Å². The molecule has 0 bridgehead atoms. The smallest absolute Gasteiger partial charge is 0.123 e. The SMILES string of the molecule is Cc1ccc(C(CN)N2CCOc3ccccc3C2)s1. The van der Waals surface area contributed by atoms with E-state index in [0.717, 1.165) is 25.4 Å². The zero-order valence-electron chi connectivity index (χ0n) is 11.7. The maximum absolute atomic E-state index is 6.04. The van der Waals surface area contributed by atoms with Gasteiger partial charge in [0.2, 0.25) is 0 Å². The summed E-state index contributed by atoms with van der Waals surface area (Å²) in [5.74, 6) is 1.01. The molecule has 1 aliphatic heterocycles. The molecule has 1 aromatic carbocycles. The lowest BCUT2D eigenvalue weighted by Crippen LogP contribution is -2.34. The van der Waals surface area contributed by atoms with Gasteiger partial charge < -0.3 is 10.5 Å². The van der Waals surface area contributed by atoms with Crippen molar-refractivity contribution in [2.45, 2.75) is 19.5 Å². The van der Waals surface area contributed by atoms with Crippen LogP contribution in [-0.2, 0) is 6.54 Å². The fourth-order valence-electron chi connectivity index (χ4n) is 2.69. The second-order valence-corrected chi connectivity index (χ2v) is 6.45. The summed E-state index contributed by atoms with van der Waals surface area (Å²) in [4.78, 5) is 5.12. The molecule has 2 heterocycles. The Morgan fingerprint density at radius 1 is 1.30 bits per heavy atom. The van der Waals surface area contributed by atoms with Crippen LogP contribution in [0.3, 0.4) is 0 Å². The molecule has 4 heteroatoms. The standard InChI is InChI=1S/C16H20N2OS/c1-12-6-7-16(20-12)14(10-17)18-8-9-19-15-5-3-2-4-13(15)11-18/h2-7,14H,8-11,17H2,1H3. The molecule has 3 nitrogen and oxygen atoms in total. The fraction of sp³-hybridized carbons (Fsp3) is 0.375. The molecule has 0 spiro atoms. The van der Waals surface area contributed by atoms with Crippen molar-refractivity contribution in [1.29, 1.82) is 0 Å². The molecule has 20 heavy (non-hydrogen) atoms. The van der Waals surface area contributed by atoms with Gasteiger partial charge in [-0.25, -0.2) is 0 Å². The van der Waals surface area contributed by atoms with Gasteiger partial charge in [-0.15, -0.1) is 11.3 Å². The summed E-state index contributed by atoms with van der Waals surface area (Å²) >= 11 is 1.84. The van der Waals surface area contributed by atoms with Crippen LogP contribution in [0.1, 0.15) is 21.4 Å². The van der Waals surface area contributed by atoms with Gasteiger partial charge in [-0.3, -0.25) is 4.90 Å². The van der Waals surface area contributed by atoms with E-state index in [4.69, 9.17) is 10.5 Å². The molecule has 1 aliphatic rings. The summed E-state index contributed by atoms with van der Waals surface area (Å²) in [6.07, 6.45) is 0. The Morgan fingerprint density at radius 2 is 2.15 bits per heavy atom. The van der Waals surface area contributed by atoms with Crippen LogP contribution in [0.4, 0.5) is 0 Å². The van der Waals surface area contributed by atoms with E-state index < -0.39 is 0 Å². The molecule has 2 N–H and O–H groups in total. The topological polar surface area (TPSA) is 38.5 Å². The molecular formula is C16H20N2OS. The van der Waals surface area contributed by atoms with Gasteiger partial charge in [0.25, 0.3) is 0 Å². The van der Waals surface area contributed by atoms with Crippen molar-refractivity contribution in [2.75, 3.05) is 19.7 Å². The van der Waals surface area contributed by atoms with Crippen LogP contribution in [0, 0.1) is 6.92 Å². The van der Waals surface area contributed by atoms with E-state index in [-0.39, 0.29) is 6.04 Å². The quantitative estimate of drug-likeness (QED) is 0.943. The number of thiophene rings is 1. The number of rotatable bonds is 3. The van der Waals surface area contributed by atoms with Gasteiger partial charge in [-0.1, -0.05) is 18.2 Å². The van der Waals surface area contributed by atoms with Crippen LogP contribution in [0.2, 0.25) is 0 Å². The molecule has 0 amide bonds. The second-order valence-electron chi connectivity index (χ2n) is 5.13. The lowest BCUT2D eigenvalue weighted by molar-refractivity contribution is 0.175. The molecular weight excluding hydrogens is 268 g/mol. The molecule has 1 unspecified atom stereocenters. The van der Waals surface area contributed by atoms with Gasteiger partial charge in [0.1, 0.15) is 12.4 Å². The minimum atomic E-state index is 0.281. The van der Waals surface area contributed by atoms with E-state index in [9.17, 15) is 0 Å². The highest BCUT2D eigenvalue weighted by Crippen LogP contribution is 2.31. The van der Waals surface area contributed by atoms with Crippen LogP contribution in [0.25, 0.3) is 0 Å². The lowest BCUT2D eigenvalue weighted by Gasteiger charge is -2.28. The normalized spacial score (nSPS) is 17.1. The van der Waals surface area contributed by atoms with Crippen LogP contribution < -0.4 is 10.5 Å². The first kappa shape index (κ1) is 13.6. The van der Waals surface area contributed by atoms with E-state index in [2.05, 4.69) is 36.1 Å². The predicted octanol–water partition coefficient (Wildman–Crippen LogP) is 2.95. The maximum Gasteiger partial charge on any atom is 0.123 e. The predicted molar refractivity (Wildman–Crippen MR) is 83.2 cm³/mol. The summed E-state index contributed by atoms with van der Waals surface area (Å²) in [5.41, 5.74) is 7.29. The Balaban J connectivity index is 1.86. The maximum atomic E-state index is 6.04. The molecule has 0 aliphatic carbocycles. The first-order chi connectivity index (χ1) is 9.78. The highest BCUT2D eigenvalue weighted by molar-refractivity contribution is 7.12. The summed E-state index contributed by atoms with van der Waals surface area (Å²) in [6, 6.07) is 12.9. The van der Waals surface area contributed by atoms with E-state index in [1.54, 1.807) is 0 Å². The summed E-state index contributed by atoms with van der Waals surface area (Å²) in [5, 5.41) is 0. The van der Waals surface area contributed by atoms with Crippen molar-refractivity contribution < 1.29 is 4.74 Å². The Labute approximate surface area is 124 Å². The van der Waals surface area contributed by atoms with Crippen molar-refractivity contribution in [1.82, 2.24) is 4.90 Å². The van der Waals surface area contributed by atoms with Gasteiger partial charge in [-0.2, -0.15) is 0 Å². The van der Waals surface area contributed by atoms with E-state index in [1.165, 1.54) is 15.3 Å². The van der Waals surface area contributed by atoms with Gasteiger partial charge >= 0.3 is 0 Å². The lowest BCUT2D eigenvalue weighted by atomic mass is 10.1. The number of nitrogens with zero attached hydrogens (tertiary/aromatic N) is 1. The minimum absolute atomic E-state index is 0.281. The number of ether oxygens (including phenoxy) is 1. The molecule has 106 valence electrons. The molecule has 0 saturated heterocycles. The third-order valence-corrected chi connectivity index (χ3v) is 4.84. The molecule has 2 aromatic rings. The number of hydrogen-bond acceptors (Lipinski definition) is 4. The highest BCUT2D eigenvalue weighted by Gasteiger charge is 2.23. The van der Waals surface area contributed by atoms with E-state index in [0.29, 0.717) is 6.54 Å². The van der Waals surface area contributed by atoms with Gasteiger partial charge in [0.15, 0.2) is 0 Å². The summed E-state index contributed by atoms with van der Waals surface area (Å²) in [6.45, 7) is 5.31. The van der Waals surface area contributed by atoms with Crippen LogP contribution in [-0.4, -0.2) is 24.6 Å². The monoisotopic (exact) mass is 288 g/mol. The second kappa shape index (κ2) is 5.95. The Bertz CT molecular complexity index is 581. The number of benzene rings is 1. The highest BCUT2D eigenvalue weighted by atomic mass is 32.1. The van der Waals surface area contributed by atoms with Crippen molar-refractivity contribution in [2.24, 2.45) is 5.73 Å². The zero-order valence-corrected chi connectivity index (χ0v) is 12.5. The molecule has 3 rings (SSSR count). The first-order valence-electron chi connectivity index (χ1n) is 6.99. The number of para-hydroxylation sites is 1. The van der Waals surface area contributed by atoms with Crippen molar-refractivity contribution in [3.05, 3.63) is 51.7 Å². The molecule has 0 radical (unpaired) electrons. The Morgan fingerprint density at radius 3 is 2.90 bits per heavy atom. The molecule has 1 atom stereocenters. The summed E-state index contributed by atoms with van der Waals surface area (Å²) < 4.78 is 5.84. The Hall–Kier alpha value is -1.36. The third-order valence-electron chi connectivity index (χ3n) is 3.74. The number of nitrogens with two attached hydrogens (primary N) is 1.